The van der Waals surface area contributed by atoms with E-state index in [0.29, 0.717) is 21.9 Å². The number of halogens is 1. The molecule has 0 aliphatic heterocycles. The summed E-state index contributed by atoms with van der Waals surface area (Å²) in [6.07, 6.45) is 0.0453. The third-order valence-electron chi connectivity index (χ3n) is 5.51. The van der Waals surface area contributed by atoms with Gasteiger partial charge < -0.3 is 19.9 Å². The Labute approximate surface area is 193 Å². The highest BCUT2D eigenvalue weighted by molar-refractivity contribution is 6.30. The Morgan fingerprint density at radius 3 is 2.28 bits per heavy atom. The minimum absolute atomic E-state index is 0.0453. The second-order valence-electron chi connectivity index (χ2n) is 7.90. The highest BCUT2D eigenvalue weighted by Crippen LogP contribution is 2.48. The summed E-state index contributed by atoms with van der Waals surface area (Å²) in [7, 11) is 0. The monoisotopic (exact) mass is 457 g/mol. The second-order valence-corrected chi connectivity index (χ2v) is 8.33. The number of rotatable bonds is 7. The molecule has 0 unspecified atom stereocenters. The van der Waals surface area contributed by atoms with E-state index in [9.17, 15) is 14.7 Å². The van der Waals surface area contributed by atoms with E-state index in [1.54, 1.807) is 45.0 Å². The van der Waals surface area contributed by atoms with Crippen molar-refractivity contribution < 1.29 is 24.2 Å². The number of anilines is 1. The summed E-state index contributed by atoms with van der Waals surface area (Å²) in [6.45, 7) is 5.35. The van der Waals surface area contributed by atoms with Crippen LogP contribution in [0.25, 0.3) is 0 Å². The van der Waals surface area contributed by atoms with Gasteiger partial charge in [-0.05, 0) is 50.6 Å². The summed E-state index contributed by atoms with van der Waals surface area (Å²) in [5, 5.41) is 15.2. The van der Waals surface area contributed by atoms with Gasteiger partial charge in [0, 0.05) is 28.7 Å². The zero-order valence-electron chi connectivity index (χ0n) is 18.4. The molecule has 3 rings (SSSR count). The maximum absolute atomic E-state index is 13.2. The molecule has 0 aromatic heterocycles. The van der Waals surface area contributed by atoms with E-state index in [1.165, 1.54) is 0 Å². The van der Waals surface area contributed by atoms with Gasteiger partial charge in [-0.15, -0.1) is 0 Å². The van der Waals surface area contributed by atoms with Crippen LogP contribution in [0.2, 0.25) is 5.02 Å². The van der Waals surface area contributed by atoms with E-state index in [1.807, 2.05) is 30.3 Å². The van der Waals surface area contributed by atoms with Crippen molar-refractivity contribution in [2.45, 2.75) is 38.7 Å². The van der Waals surface area contributed by atoms with Crippen molar-refractivity contribution in [3.05, 3.63) is 76.5 Å². The van der Waals surface area contributed by atoms with Crippen molar-refractivity contribution in [1.82, 2.24) is 0 Å². The summed E-state index contributed by atoms with van der Waals surface area (Å²) < 4.78 is 10.7. The van der Waals surface area contributed by atoms with Crippen molar-refractivity contribution in [2.75, 3.05) is 18.5 Å². The number of hydrogen-bond donors (Lipinski definition) is 2. The van der Waals surface area contributed by atoms with E-state index in [4.69, 9.17) is 21.1 Å². The molecule has 170 valence electrons. The van der Waals surface area contributed by atoms with Crippen molar-refractivity contribution in [3.63, 3.8) is 0 Å². The Hall–Kier alpha value is -2.83. The molecule has 2 aromatic carbocycles. The Morgan fingerprint density at radius 1 is 1.06 bits per heavy atom. The minimum Gasteiger partial charge on any atom is -0.466 e. The lowest BCUT2D eigenvalue weighted by Gasteiger charge is -2.43. The lowest BCUT2D eigenvalue weighted by molar-refractivity contribution is -0.159. The molecule has 1 aliphatic rings. The Balaban J connectivity index is 2.23. The van der Waals surface area contributed by atoms with Crippen molar-refractivity contribution in [1.29, 1.82) is 0 Å². The number of benzene rings is 2. The van der Waals surface area contributed by atoms with Gasteiger partial charge in [-0.1, -0.05) is 41.9 Å². The van der Waals surface area contributed by atoms with Gasteiger partial charge in [0.05, 0.1) is 30.3 Å². The van der Waals surface area contributed by atoms with Gasteiger partial charge in [0.25, 0.3) is 0 Å². The van der Waals surface area contributed by atoms with Gasteiger partial charge in [0.1, 0.15) is 0 Å². The number of para-hydroxylation sites is 1. The molecule has 2 N–H and O–H groups in total. The van der Waals surface area contributed by atoms with E-state index >= 15 is 0 Å². The topological polar surface area (TPSA) is 84.9 Å². The van der Waals surface area contributed by atoms with Crippen LogP contribution in [0, 0.1) is 5.92 Å². The van der Waals surface area contributed by atoms with Crippen LogP contribution in [0.3, 0.4) is 0 Å². The molecular weight excluding hydrogens is 430 g/mol. The predicted molar refractivity (Wildman–Crippen MR) is 123 cm³/mol. The van der Waals surface area contributed by atoms with Crippen LogP contribution >= 0.6 is 11.6 Å². The normalized spacial score (nSPS) is 22.9. The molecule has 0 bridgehead atoms. The summed E-state index contributed by atoms with van der Waals surface area (Å²) in [5.74, 6) is -2.92. The van der Waals surface area contributed by atoms with Crippen LogP contribution in [0.1, 0.15) is 38.7 Å². The lowest BCUT2D eigenvalue weighted by atomic mass is 9.66. The Morgan fingerprint density at radius 2 is 1.69 bits per heavy atom. The number of hydrogen-bond acceptors (Lipinski definition) is 6. The van der Waals surface area contributed by atoms with Crippen molar-refractivity contribution >= 4 is 29.2 Å². The van der Waals surface area contributed by atoms with Gasteiger partial charge in [0.15, 0.2) is 0 Å². The van der Waals surface area contributed by atoms with E-state index in [0.717, 1.165) is 5.69 Å². The SMILES string of the molecule is CCOC(=O)C1=C(Nc2ccccc2)C[C@](C)(O)[C@H](C(=O)OCC)[C@@H]1c1ccc(Cl)cc1. The fourth-order valence-corrected chi connectivity index (χ4v) is 4.32. The van der Waals surface area contributed by atoms with Gasteiger partial charge in [-0.25, -0.2) is 4.79 Å². The van der Waals surface area contributed by atoms with Crippen LogP contribution in [-0.4, -0.2) is 35.9 Å². The lowest BCUT2D eigenvalue weighted by Crippen LogP contribution is -2.49. The van der Waals surface area contributed by atoms with E-state index in [-0.39, 0.29) is 19.6 Å². The smallest absolute Gasteiger partial charge is 0.336 e. The standard InChI is InChI=1S/C25H28ClNO5/c1-4-31-23(28)21-19(27-18-9-7-6-8-10-18)15-25(3,30)22(24(29)32-5-2)20(21)16-11-13-17(26)14-12-16/h6-14,20,22,27,30H,4-5,15H2,1-3H3/t20-,22+,25+/m1/s1. The Bertz CT molecular complexity index is 985. The van der Waals surface area contributed by atoms with E-state index in [2.05, 4.69) is 5.32 Å². The molecule has 7 heteroatoms. The molecule has 3 atom stereocenters. The second kappa shape index (κ2) is 10.2. The number of esters is 2. The molecule has 2 aromatic rings. The molecule has 0 saturated heterocycles. The third-order valence-corrected chi connectivity index (χ3v) is 5.76. The molecule has 0 saturated carbocycles. The maximum atomic E-state index is 13.2. The first-order valence-electron chi connectivity index (χ1n) is 10.6. The third kappa shape index (κ3) is 5.14. The minimum atomic E-state index is -1.48. The quantitative estimate of drug-likeness (QED) is 0.587. The number of nitrogens with one attached hydrogen (secondary N) is 1. The summed E-state index contributed by atoms with van der Waals surface area (Å²) in [5.41, 5.74) is 0.721. The number of ether oxygens (including phenoxy) is 2. The zero-order chi connectivity index (χ0) is 23.3. The zero-order valence-corrected chi connectivity index (χ0v) is 19.2. The van der Waals surface area contributed by atoms with Gasteiger partial charge in [-0.3, -0.25) is 4.79 Å². The van der Waals surface area contributed by atoms with Crippen LogP contribution in [0.5, 0.6) is 0 Å². The average Bonchev–Trinajstić information content (AvgIpc) is 2.74. The fraction of sp³-hybridized carbons (Fsp3) is 0.360. The van der Waals surface area contributed by atoms with Gasteiger partial charge in [0.2, 0.25) is 0 Å². The van der Waals surface area contributed by atoms with Gasteiger partial charge >= 0.3 is 11.9 Å². The van der Waals surface area contributed by atoms with E-state index < -0.39 is 29.4 Å². The Kier molecular flexibility index (Phi) is 7.59. The molecule has 0 spiro atoms. The summed E-state index contributed by atoms with van der Waals surface area (Å²) >= 11 is 6.08. The largest absolute Gasteiger partial charge is 0.466 e. The highest BCUT2D eigenvalue weighted by atomic mass is 35.5. The predicted octanol–water partition coefficient (Wildman–Crippen LogP) is 4.69. The molecule has 0 radical (unpaired) electrons. The first kappa shape index (κ1) is 23.8. The summed E-state index contributed by atoms with van der Waals surface area (Å²) in [6, 6.07) is 16.2. The number of carbonyl (C=O) groups is 2. The van der Waals surface area contributed by atoms with Crippen LogP contribution < -0.4 is 5.32 Å². The van der Waals surface area contributed by atoms with Crippen LogP contribution in [-0.2, 0) is 19.1 Å². The van der Waals surface area contributed by atoms with Crippen LogP contribution in [0.15, 0.2) is 65.9 Å². The molecule has 6 nitrogen and oxygen atoms in total. The maximum Gasteiger partial charge on any atom is 0.336 e. The summed E-state index contributed by atoms with van der Waals surface area (Å²) in [4.78, 5) is 26.3. The molecule has 32 heavy (non-hydrogen) atoms. The molecule has 0 fully saturated rings. The molecule has 1 aliphatic carbocycles. The number of carbonyl (C=O) groups excluding carboxylic acids is 2. The van der Waals surface area contributed by atoms with Crippen LogP contribution in [0.4, 0.5) is 5.69 Å². The fourth-order valence-electron chi connectivity index (χ4n) is 4.19. The van der Waals surface area contributed by atoms with Gasteiger partial charge in [-0.2, -0.15) is 0 Å². The highest BCUT2D eigenvalue weighted by Gasteiger charge is 2.52. The first-order chi connectivity index (χ1) is 15.3. The van der Waals surface area contributed by atoms with Crippen molar-refractivity contribution in [2.24, 2.45) is 5.92 Å². The average molecular weight is 458 g/mol. The molecule has 0 heterocycles. The first-order valence-corrected chi connectivity index (χ1v) is 11.0. The molecule has 0 amide bonds. The van der Waals surface area contributed by atoms with Crippen molar-refractivity contribution in [3.8, 4) is 0 Å². The molecular formula is C25H28ClNO5. The number of aliphatic hydroxyl groups is 1.